The molecule has 2 aromatic rings. The number of benzene rings is 1. The highest BCUT2D eigenvalue weighted by Crippen LogP contribution is 2.29. The van der Waals surface area contributed by atoms with E-state index in [0.717, 1.165) is 44.8 Å². The first-order valence-electron chi connectivity index (χ1n) is 10.6. The third-order valence-electron chi connectivity index (χ3n) is 5.81. The maximum absolute atomic E-state index is 14.3. The van der Waals surface area contributed by atoms with Gasteiger partial charge in [0.2, 0.25) is 0 Å². The molecule has 0 aliphatic carbocycles. The van der Waals surface area contributed by atoms with E-state index in [-0.39, 0.29) is 17.4 Å². The zero-order valence-electron chi connectivity index (χ0n) is 18.2. The SMILES string of the molecule is CCCC(c1nc2cc(F)c(OC)cc2c(=O)n1CC)N1CCN(C)C[C@H](C)C1. The molecule has 1 aliphatic rings. The van der Waals surface area contributed by atoms with Crippen LogP contribution in [0.1, 0.15) is 45.5 Å². The summed E-state index contributed by atoms with van der Waals surface area (Å²) in [6.07, 6.45) is 1.90. The van der Waals surface area contributed by atoms with Gasteiger partial charge in [-0.2, -0.15) is 0 Å². The van der Waals surface area contributed by atoms with Gasteiger partial charge in [0.15, 0.2) is 11.6 Å². The first kappa shape index (κ1) is 21.7. The molecule has 160 valence electrons. The molecular weight excluding hydrogens is 371 g/mol. The number of hydrogen-bond acceptors (Lipinski definition) is 5. The Kier molecular flexibility index (Phi) is 6.90. The van der Waals surface area contributed by atoms with Crippen LogP contribution in [0.25, 0.3) is 10.9 Å². The molecule has 2 heterocycles. The van der Waals surface area contributed by atoms with Crippen molar-refractivity contribution in [1.82, 2.24) is 19.4 Å². The Morgan fingerprint density at radius 3 is 2.69 bits per heavy atom. The van der Waals surface area contributed by atoms with Crippen molar-refractivity contribution in [2.75, 3.05) is 40.3 Å². The molecule has 6 nitrogen and oxygen atoms in total. The summed E-state index contributed by atoms with van der Waals surface area (Å²) in [5.74, 6) is 0.851. The van der Waals surface area contributed by atoms with Crippen LogP contribution in [0.3, 0.4) is 0 Å². The number of halogens is 1. The average Bonchev–Trinajstić information content (AvgIpc) is 2.85. The highest BCUT2D eigenvalue weighted by atomic mass is 19.1. The maximum Gasteiger partial charge on any atom is 0.261 e. The molecule has 0 N–H and O–H groups in total. The Morgan fingerprint density at radius 2 is 2.03 bits per heavy atom. The van der Waals surface area contributed by atoms with Gasteiger partial charge in [-0.05, 0) is 32.4 Å². The molecule has 1 aliphatic heterocycles. The summed E-state index contributed by atoms with van der Waals surface area (Å²) >= 11 is 0. The van der Waals surface area contributed by atoms with E-state index < -0.39 is 5.82 Å². The molecule has 1 saturated heterocycles. The largest absolute Gasteiger partial charge is 0.494 e. The number of methoxy groups -OCH3 is 1. The molecule has 0 bridgehead atoms. The smallest absolute Gasteiger partial charge is 0.261 e. The van der Waals surface area contributed by atoms with E-state index in [0.29, 0.717) is 23.4 Å². The Labute approximate surface area is 172 Å². The van der Waals surface area contributed by atoms with Crippen LogP contribution in [0.15, 0.2) is 16.9 Å². The van der Waals surface area contributed by atoms with E-state index in [4.69, 9.17) is 9.72 Å². The predicted octanol–water partition coefficient (Wildman–Crippen LogP) is 3.29. The van der Waals surface area contributed by atoms with Gasteiger partial charge >= 0.3 is 0 Å². The fourth-order valence-electron chi connectivity index (χ4n) is 4.46. The van der Waals surface area contributed by atoms with E-state index in [1.807, 2.05) is 6.92 Å². The van der Waals surface area contributed by atoms with Crippen molar-refractivity contribution in [1.29, 1.82) is 0 Å². The van der Waals surface area contributed by atoms with Crippen LogP contribution < -0.4 is 10.3 Å². The van der Waals surface area contributed by atoms with Gasteiger partial charge in [0, 0.05) is 38.8 Å². The van der Waals surface area contributed by atoms with E-state index in [1.165, 1.54) is 19.2 Å². The number of nitrogens with zero attached hydrogens (tertiary/aromatic N) is 4. The first-order valence-corrected chi connectivity index (χ1v) is 10.6. The highest BCUT2D eigenvalue weighted by molar-refractivity contribution is 5.79. The van der Waals surface area contributed by atoms with Gasteiger partial charge in [0.25, 0.3) is 5.56 Å². The summed E-state index contributed by atoms with van der Waals surface area (Å²) in [5, 5.41) is 0.396. The van der Waals surface area contributed by atoms with Crippen LogP contribution >= 0.6 is 0 Å². The lowest BCUT2D eigenvalue weighted by Gasteiger charge is -2.32. The van der Waals surface area contributed by atoms with Crippen molar-refractivity contribution in [2.24, 2.45) is 5.92 Å². The van der Waals surface area contributed by atoms with E-state index in [2.05, 4.69) is 30.7 Å². The van der Waals surface area contributed by atoms with Gasteiger partial charge in [0.1, 0.15) is 5.82 Å². The van der Waals surface area contributed by atoms with E-state index >= 15 is 0 Å². The molecule has 3 rings (SSSR count). The van der Waals surface area contributed by atoms with Crippen molar-refractivity contribution in [3.8, 4) is 5.75 Å². The molecule has 1 fully saturated rings. The lowest BCUT2D eigenvalue weighted by molar-refractivity contribution is 0.167. The topological polar surface area (TPSA) is 50.6 Å². The summed E-state index contributed by atoms with van der Waals surface area (Å²) in [6, 6.07) is 2.82. The average molecular weight is 405 g/mol. The van der Waals surface area contributed by atoms with Gasteiger partial charge < -0.3 is 9.64 Å². The second-order valence-corrected chi connectivity index (χ2v) is 8.19. The Bertz CT molecular complexity index is 914. The predicted molar refractivity (Wildman–Crippen MR) is 114 cm³/mol. The second-order valence-electron chi connectivity index (χ2n) is 8.19. The molecule has 0 amide bonds. The molecule has 0 spiro atoms. The van der Waals surface area contributed by atoms with Crippen LogP contribution in [0, 0.1) is 11.7 Å². The van der Waals surface area contributed by atoms with Crippen LogP contribution in [-0.4, -0.2) is 59.7 Å². The van der Waals surface area contributed by atoms with Crippen molar-refractivity contribution < 1.29 is 9.13 Å². The quantitative estimate of drug-likeness (QED) is 0.740. The second kappa shape index (κ2) is 9.22. The molecule has 1 aromatic heterocycles. The van der Waals surface area contributed by atoms with E-state index in [9.17, 15) is 9.18 Å². The first-order chi connectivity index (χ1) is 13.9. The summed E-state index contributed by atoms with van der Waals surface area (Å²) in [6.45, 7) is 10.8. The molecule has 2 atom stereocenters. The van der Waals surface area contributed by atoms with Crippen LogP contribution in [0.2, 0.25) is 0 Å². The Balaban J connectivity index is 2.14. The fourth-order valence-corrected chi connectivity index (χ4v) is 4.46. The van der Waals surface area contributed by atoms with Crippen LogP contribution in [0.5, 0.6) is 5.75 Å². The number of hydrogen-bond donors (Lipinski definition) is 0. The van der Waals surface area contributed by atoms with E-state index in [1.54, 1.807) is 4.57 Å². The Morgan fingerprint density at radius 1 is 1.28 bits per heavy atom. The monoisotopic (exact) mass is 404 g/mol. The van der Waals surface area contributed by atoms with Crippen molar-refractivity contribution in [2.45, 2.75) is 46.2 Å². The molecule has 29 heavy (non-hydrogen) atoms. The molecule has 0 radical (unpaired) electrons. The maximum atomic E-state index is 14.3. The fraction of sp³-hybridized carbons (Fsp3) is 0.636. The highest BCUT2D eigenvalue weighted by Gasteiger charge is 2.29. The lowest BCUT2D eigenvalue weighted by atomic mass is 10.1. The number of aromatic nitrogens is 2. The molecule has 1 aromatic carbocycles. The van der Waals surface area contributed by atoms with Gasteiger partial charge in [0.05, 0.1) is 24.1 Å². The Hall–Kier alpha value is -1.99. The minimum Gasteiger partial charge on any atom is -0.494 e. The van der Waals surface area contributed by atoms with Crippen molar-refractivity contribution >= 4 is 10.9 Å². The van der Waals surface area contributed by atoms with Crippen molar-refractivity contribution in [3.63, 3.8) is 0 Å². The summed E-state index contributed by atoms with van der Waals surface area (Å²) in [4.78, 5) is 22.9. The van der Waals surface area contributed by atoms with Gasteiger partial charge in [-0.1, -0.05) is 20.3 Å². The molecular formula is C22H33FN4O2. The normalized spacial score (nSPS) is 20.0. The number of fused-ring (bicyclic) bond motifs is 1. The molecule has 0 saturated carbocycles. The van der Waals surface area contributed by atoms with Gasteiger partial charge in [-0.25, -0.2) is 9.37 Å². The number of ether oxygens (including phenoxy) is 1. The zero-order valence-corrected chi connectivity index (χ0v) is 18.2. The third kappa shape index (κ3) is 4.46. The number of likely N-dealkylation sites (N-methyl/N-ethyl adjacent to an activating group) is 1. The third-order valence-corrected chi connectivity index (χ3v) is 5.81. The van der Waals surface area contributed by atoms with Gasteiger partial charge in [-0.3, -0.25) is 14.3 Å². The van der Waals surface area contributed by atoms with Crippen LogP contribution in [0.4, 0.5) is 4.39 Å². The summed E-state index contributed by atoms with van der Waals surface area (Å²) in [5.41, 5.74) is 0.265. The van der Waals surface area contributed by atoms with Crippen LogP contribution in [-0.2, 0) is 6.54 Å². The standard InChI is InChI=1S/C22H33FN4O2/c1-6-8-19(26-10-9-25(4)13-15(3)14-26)21-24-18-12-17(23)20(29-5)11-16(18)22(28)27(21)7-2/h11-12,15,19H,6-10,13-14H2,1-5H3/t15-,19?/m0/s1. The zero-order chi connectivity index (χ0) is 21.1. The minimum absolute atomic E-state index is 0.0381. The number of rotatable bonds is 6. The minimum atomic E-state index is -0.496. The lowest BCUT2D eigenvalue weighted by Crippen LogP contribution is -2.38. The summed E-state index contributed by atoms with van der Waals surface area (Å²) in [7, 11) is 3.56. The summed E-state index contributed by atoms with van der Waals surface area (Å²) < 4.78 is 21.1. The molecule has 1 unspecified atom stereocenters. The van der Waals surface area contributed by atoms with Gasteiger partial charge in [-0.15, -0.1) is 0 Å². The van der Waals surface area contributed by atoms with Crippen molar-refractivity contribution in [3.05, 3.63) is 34.1 Å². The molecule has 7 heteroatoms.